The summed E-state index contributed by atoms with van der Waals surface area (Å²) in [6.07, 6.45) is 6.79. The van der Waals surface area contributed by atoms with Crippen LogP contribution in [0.15, 0.2) is 35.5 Å². The van der Waals surface area contributed by atoms with E-state index >= 15 is 0 Å². The van der Waals surface area contributed by atoms with Crippen molar-refractivity contribution < 1.29 is 17.9 Å². The Morgan fingerprint density at radius 3 is 2.66 bits per heavy atom. The first kappa shape index (κ1) is 25.7. The van der Waals surface area contributed by atoms with Crippen molar-refractivity contribution in [3.05, 3.63) is 46.6 Å². The van der Waals surface area contributed by atoms with Gasteiger partial charge < -0.3 is 14.5 Å². The number of anilines is 1. The van der Waals surface area contributed by atoms with Gasteiger partial charge in [-0.3, -0.25) is 4.79 Å². The molecule has 0 spiro atoms. The summed E-state index contributed by atoms with van der Waals surface area (Å²) >= 11 is 1.80. The maximum Gasteiger partial charge on any atom is 0.253 e. The maximum absolute atomic E-state index is 13.2. The zero-order valence-corrected chi connectivity index (χ0v) is 23.2. The lowest BCUT2D eigenvalue weighted by Crippen LogP contribution is -2.49. The highest BCUT2D eigenvalue weighted by Crippen LogP contribution is 2.40. The summed E-state index contributed by atoms with van der Waals surface area (Å²) in [7, 11) is -3.65. The summed E-state index contributed by atoms with van der Waals surface area (Å²) in [5.74, 6) is 1.60. The van der Waals surface area contributed by atoms with E-state index in [2.05, 4.69) is 26.5 Å². The summed E-state index contributed by atoms with van der Waals surface area (Å²) < 4.78 is 33.4. The number of hydrogen-bond donors (Lipinski definition) is 1. The molecule has 0 radical (unpaired) electrons. The van der Waals surface area contributed by atoms with Gasteiger partial charge >= 0.3 is 0 Å². The van der Waals surface area contributed by atoms with Crippen LogP contribution in [0.25, 0.3) is 10.2 Å². The molecule has 202 valence electrons. The van der Waals surface area contributed by atoms with Gasteiger partial charge in [0.15, 0.2) is 0 Å². The third kappa shape index (κ3) is 5.04. The number of nitrogens with one attached hydrogen (secondary N) is 1. The van der Waals surface area contributed by atoms with Gasteiger partial charge in [-0.05, 0) is 67.9 Å². The lowest BCUT2D eigenvalue weighted by Gasteiger charge is -2.36. The van der Waals surface area contributed by atoms with Gasteiger partial charge in [0.1, 0.15) is 17.0 Å². The van der Waals surface area contributed by atoms with E-state index in [9.17, 15) is 13.2 Å². The van der Waals surface area contributed by atoms with Gasteiger partial charge in [-0.25, -0.2) is 23.1 Å². The first-order chi connectivity index (χ1) is 18.4. The van der Waals surface area contributed by atoms with Gasteiger partial charge in [-0.15, -0.1) is 11.3 Å². The first-order valence-electron chi connectivity index (χ1n) is 13.4. The van der Waals surface area contributed by atoms with Crippen molar-refractivity contribution in [2.75, 3.05) is 44.2 Å². The Hall–Kier alpha value is -2.60. The molecule has 4 heterocycles. The standard InChI is InChI=1S/C27H33N5O4S2/c1-18-4-9-22-23(15-18)37-26-24(22)25(28-17-29-26)31-10-12-32(13-11-31)27(33)19-5-7-21(8-6-19)38(34,35)30-16-20-3-2-14-36-20/h5-8,17-18,20,30H,2-4,9-16H2,1H3. The number of sulfonamides is 1. The van der Waals surface area contributed by atoms with Crippen LogP contribution in [0, 0.1) is 5.92 Å². The summed E-state index contributed by atoms with van der Waals surface area (Å²) in [6.45, 7) is 5.80. The van der Waals surface area contributed by atoms with Crippen molar-refractivity contribution in [1.82, 2.24) is 19.6 Å². The Bertz CT molecular complexity index is 1430. The van der Waals surface area contributed by atoms with E-state index in [1.807, 2.05) is 4.90 Å². The van der Waals surface area contributed by atoms with Crippen LogP contribution in [0.1, 0.15) is 47.0 Å². The number of benzene rings is 1. The van der Waals surface area contributed by atoms with Crippen LogP contribution in [-0.4, -0.2) is 74.6 Å². The van der Waals surface area contributed by atoms with Gasteiger partial charge in [-0.1, -0.05) is 6.92 Å². The highest BCUT2D eigenvalue weighted by atomic mass is 32.2. The summed E-state index contributed by atoms with van der Waals surface area (Å²) in [5, 5.41) is 1.20. The molecule has 9 nitrogen and oxygen atoms in total. The van der Waals surface area contributed by atoms with Crippen LogP contribution in [0.5, 0.6) is 0 Å². The molecule has 1 amide bonds. The Labute approximate surface area is 227 Å². The number of rotatable bonds is 6. The van der Waals surface area contributed by atoms with Crippen LogP contribution >= 0.6 is 11.3 Å². The zero-order chi connectivity index (χ0) is 26.3. The number of nitrogens with zero attached hydrogens (tertiary/aromatic N) is 4. The number of fused-ring (bicyclic) bond motifs is 3. The number of aromatic nitrogens is 2. The molecule has 2 fully saturated rings. The molecule has 2 unspecified atom stereocenters. The minimum absolute atomic E-state index is 0.0726. The molecular formula is C27H33N5O4S2. The van der Waals surface area contributed by atoms with Gasteiger partial charge in [0.25, 0.3) is 5.91 Å². The molecule has 1 aliphatic carbocycles. The number of amides is 1. The fourth-order valence-electron chi connectivity index (χ4n) is 5.67. The van der Waals surface area contributed by atoms with Crippen molar-refractivity contribution in [3.8, 4) is 0 Å². The quantitative estimate of drug-likeness (QED) is 0.498. The van der Waals surface area contributed by atoms with Crippen LogP contribution in [0.3, 0.4) is 0 Å². The Kier molecular flexibility index (Phi) is 7.10. The molecule has 2 aliphatic heterocycles. The third-order valence-corrected chi connectivity index (χ3v) is 10.5. The van der Waals surface area contributed by atoms with Gasteiger partial charge in [0.2, 0.25) is 10.0 Å². The highest BCUT2D eigenvalue weighted by molar-refractivity contribution is 7.89. The normalized spacial score (nSPS) is 22.1. The second-order valence-electron chi connectivity index (χ2n) is 10.5. The maximum atomic E-state index is 13.2. The van der Waals surface area contributed by atoms with E-state index in [0.29, 0.717) is 44.3 Å². The van der Waals surface area contributed by atoms with Crippen molar-refractivity contribution in [3.63, 3.8) is 0 Å². The van der Waals surface area contributed by atoms with E-state index in [1.165, 1.54) is 34.4 Å². The summed E-state index contributed by atoms with van der Waals surface area (Å²) in [6, 6.07) is 6.20. The van der Waals surface area contributed by atoms with Gasteiger partial charge in [-0.2, -0.15) is 0 Å². The Morgan fingerprint density at radius 2 is 1.92 bits per heavy atom. The fraction of sp³-hybridized carbons (Fsp3) is 0.519. The zero-order valence-electron chi connectivity index (χ0n) is 21.6. The molecule has 2 aromatic heterocycles. The van der Waals surface area contributed by atoms with Gasteiger partial charge in [0.05, 0.1) is 16.4 Å². The Morgan fingerprint density at radius 1 is 1.13 bits per heavy atom. The van der Waals surface area contributed by atoms with Crippen molar-refractivity contribution in [2.45, 2.75) is 50.0 Å². The van der Waals surface area contributed by atoms with Crippen LogP contribution in [0.2, 0.25) is 0 Å². The molecule has 11 heteroatoms. The predicted molar refractivity (Wildman–Crippen MR) is 147 cm³/mol. The number of aryl methyl sites for hydroxylation is 1. The minimum atomic E-state index is -3.65. The van der Waals surface area contributed by atoms with Crippen LogP contribution in [-0.2, 0) is 27.6 Å². The second kappa shape index (κ2) is 10.5. The van der Waals surface area contributed by atoms with E-state index < -0.39 is 10.0 Å². The molecule has 1 aromatic carbocycles. The van der Waals surface area contributed by atoms with E-state index in [4.69, 9.17) is 4.74 Å². The second-order valence-corrected chi connectivity index (χ2v) is 13.4. The van der Waals surface area contributed by atoms with E-state index in [-0.39, 0.29) is 23.5 Å². The lowest BCUT2D eigenvalue weighted by molar-refractivity contribution is 0.0746. The number of carbonyl (C=O) groups excluding carboxylic acids is 1. The van der Waals surface area contributed by atoms with Crippen LogP contribution < -0.4 is 9.62 Å². The fourth-order valence-corrected chi connectivity index (χ4v) is 8.08. The van der Waals surface area contributed by atoms with Crippen molar-refractivity contribution >= 4 is 43.3 Å². The van der Waals surface area contributed by atoms with Crippen LogP contribution in [0.4, 0.5) is 5.82 Å². The average Bonchev–Trinajstić information content (AvgIpc) is 3.59. The monoisotopic (exact) mass is 555 g/mol. The first-order valence-corrected chi connectivity index (χ1v) is 15.7. The molecule has 6 rings (SSSR count). The summed E-state index contributed by atoms with van der Waals surface area (Å²) in [4.78, 5) is 29.2. The number of carbonyl (C=O) groups is 1. The SMILES string of the molecule is CC1CCc2c(sc3ncnc(N4CCN(C(=O)c5ccc(S(=O)(=O)NCC6CCCO6)cc5)CC4)c23)C1. The molecule has 2 saturated heterocycles. The Balaban J connectivity index is 1.10. The molecular weight excluding hydrogens is 522 g/mol. The number of hydrogen-bond acceptors (Lipinski definition) is 8. The third-order valence-electron chi connectivity index (χ3n) is 7.87. The predicted octanol–water partition coefficient (Wildman–Crippen LogP) is 3.24. The largest absolute Gasteiger partial charge is 0.377 e. The molecule has 1 N–H and O–H groups in total. The topological polar surface area (TPSA) is 105 Å². The van der Waals surface area contributed by atoms with Gasteiger partial charge in [0, 0.05) is 49.8 Å². The molecule has 2 atom stereocenters. The molecule has 3 aromatic rings. The summed E-state index contributed by atoms with van der Waals surface area (Å²) in [5.41, 5.74) is 1.90. The number of piperazine rings is 1. The molecule has 0 saturated carbocycles. The minimum Gasteiger partial charge on any atom is -0.377 e. The molecule has 38 heavy (non-hydrogen) atoms. The average molecular weight is 556 g/mol. The smallest absolute Gasteiger partial charge is 0.253 e. The lowest BCUT2D eigenvalue weighted by atomic mass is 9.89. The van der Waals surface area contributed by atoms with Crippen molar-refractivity contribution in [2.24, 2.45) is 5.92 Å². The van der Waals surface area contributed by atoms with E-state index in [1.54, 1.807) is 29.8 Å². The molecule has 0 bridgehead atoms. The van der Waals surface area contributed by atoms with Crippen molar-refractivity contribution in [1.29, 1.82) is 0 Å². The van der Waals surface area contributed by atoms with E-state index in [0.717, 1.165) is 36.3 Å². The number of thiophene rings is 1. The molecule has 3 aliphatic rings. The highest BCUT2D eigenvalue weighted by Gasteiger charge is 2.28. The number of ether oxygens (including phenoxy) is 1.